The van der Waals surface area contributed by atoms with Crippen LogP contribution in [0.4, 0.5) is 0 Å². The molecule has 0 N–H and O–H groups in total. The van der Waals surface area contributed by atoms with Gasteiger partial charge < -0.3 is 1.43 Å². The second-order valence-corrected chi connectivity index (χ2v) is 0. The summed E-state index contributed by atoms with van der Waals surface area (Å²) in [5.74, 6) is 0. The van der Waals surface area contributed by atoms with Crippen LogP contribution < -0.4 is 51.4 Å². The van der Waals surface area contributed by atoms with Gasteiger partial charge in [-0.3, -0.25) is 0 Å². The van der Waals surface area contributed by atoms with Crippen molar-refractivity contribution < 1.29 is 114 Å². The van der Waals surface area contributed by atoms with Gasteiger partial charge >= 0.3 is 51.4 Å². The number of hydrogen-bond acceptors (Lipinski definition) is 0. The van der Waals surface area contributed by atoms with E-state index in [2.05, 4.69) is 0 Å². The van der Waals surface area contributed by atoms with Crippen LogP contribution in [0.15, 0.2) is 0 Å². The Morgan fingerprint density at radius 1 is 1.17 bits per heavy atom. The zero-order valence-corrected chi connectivity index (χ0v) is 20.0. The van der Waals surface area contributed by atoms with E-state index < -0.39 is 0 Å². The third kappa shape index (κ3) is 22.8. The zero-order valence-electron chi connectivity index (χ0n) is 4.35. The van der Waals surface area contributed by atoms with Crippen molar-refractivity contribution in [1.82, 2.24) is 0 Å². The largest absolute Gasteiger partial charge is 1.00 e. The van der Waals surface area contributed by atoms with Crippen LogP contribution >= 0.6 is 0 Å². The van der Waals surface area contributed by atoms with Gasteiger partial charge in [0.1, 0.15) is 0 Å². The van der Waals surface area contributed by atoms with Gasteiger partial charge in [-0.15, -0.1) is 0 Å². The Morgan fingerprint density at radius 2 is 1.17 bits per heavy atom. The Hall–Kier alpha value is 5.38. The molecule has 0 saturated carbocycles. The fraction of sp³-hybridized carbons (Fsp3) is 0. The van der Waals surface area contributed by atoms with Crippen LogP contribution in [0.1, 0.15) is 1.43 Å². The van der Waals surface area contributed by atoms with E-state index in [0.29, 0.717) is 0 Å². The van der Waals surface area contributed by atoms with Crippen LogP contribution in [0.5, 0.6) is 0 Å². The smallest absolute Gasteiger partial charge is 1.00 e. The maximum Gasteiger partial charge on any atom is 1.00 e. The Bertz CT molecular complexity index is 19.7. The van der Waals surface area contributed by atoms with Crippen molar-refractivity contribution in [3.63, 3.8) is 0 Å². The predicted molar refractivity (Wildman–Crippen MR) is 12.6 cm³/mol. The predicted octanol–water partition coefficient (Wildman–Crippen LogP) is -3.65. The van der Waals surface area contributed by atoms with Gasteiger partial charge in [0.05, 0.1) is 0 Å². The van der Waals surface area contributed by atoms with Crippen LogP contribution in [0.25, 0.3) is 0 Å². The molecule has 0 aliphatic heterocycles. The Balaban J connectivity index is 0. The van der Waals surface area contributed by atoms with Crippen molar-refractivity contribution in [3.05, 3.63) is 0 Å². The quantitative estimate of drug-likeness (QED) is 0.232. The number of hydrogen-bond donors (Lipinski definition) is 0. The van der Waals surface area contributed by atoms with Gasteiger partial charge in [0, 0.05) is 114 Å². The molecule has 0 unspecified atom stereocenters. The minimum atomic E-state index is 0. The van der Waals surface area contributed by atoms with E-state index in [-0.39, 0.29) is 167 Å². The molecule has 0 rings (SSSR count). The molecule has 0 nitrogen and oxygen atoms in total. The molecule has 8 radical (unpaired) electrons. The summed E-state index contributed by atoms with van der Waals surface area (Å²) >= 11 is 0. The van der Waals surface area contributed by atoms with Gasteiger partial charge in [-0.05, 0) is 0 Å². The second kappa shape index (κ2) is 31.6. The van der Waals surface area contributed by atoms with Crippen molar-refractivity contribution >= 4 is 53.5 Å². The average Bonchev–Trinajstić information content (AvgIpc) is 0. The summed E-state index contributed by atoms with van der Waals surface area (Å²) in [5.41, 5.74) is 0. The van der Waals surface area contributed by atoms with Gasteiger partial charge in [0.15, 0.2) is 0 Å². The summed E-state index contributed by atoms with van der Waals surface area (Å²) in [7, 11) is 0. The second-order valence-electron chi connectivity index (χ2n) is 0. The maximum atomic E-state index is 0. The van der Waals surface area contributed by atoms with Crippen molar-refractivity contribution in [2.45, 2.75) is 0 Å². The molecule has 0 spiro atoms. The molecular formula is HBiCdKMnNiPb. The average molecular weight is 682 g/mol. The summed E-state index contributed by atoms with van der Waals surface area (Å²) in [5, 5.41) is 0. The molecule has 0 aromatic carbocycles. The number of rotatable bonds is 0. The van der Waals surface area contributed by atoms with Gasteiger partial charge in [-0.2, -0.15) is 0 Å². The Labute approximate surface area is 162 Å². The summed E-state index contributed by atoms with van der Waals surface area (Å²) in [6, 6.07) is 0. The van der Waals surface area contributed by atoms with Crippen LogP contribution in [0, 0.1) is 0 Å². The molecule has 6 heavy (non-hydrogen) atoms. The molecule has 30 valence electrons. The topological polar surface area (TPSA) is 0 Å². The van der Waals surface area contributed by atoms with E-state index in [1.807, 2.05) is 0 Å². The molecule has 0 aliphatic rings. The van der Waals surface area contributed by atoms with E-state index in [0.717, 1.165) is 0 Å². The third-order valence-electron chi connectivity index (χ3n) is 0. The summed E-state index contributed by atoms with van der Waals surface area (Å²) in [6.45, 7) is 0. The van der Waals surface area contributed by atoms with Crippen LogP contribution in [-0.2, 0) is 60.9 Å². The monoisotopic (exact) mass is 684 g/mol. The summed E-state index contributed by atoms with van der Waals surface area (Å²) in [6.07, 6.45) is 0. The minimum absolute atomic E-state index is 0. The molecule has 6 heteroatoms. The zero-order chi connectivity index (χ0) is 0. The first-order chi connectivity index (χ1) is 0. The third-order valence-corrected chi connectivity index (χ3v) is 0. The van der Waals surface area contributed by atoms with Gasteiger partial charge in [0.2, 0.25) is 0 Å². The van der Waals surface area contributed by atoms with Crippen LogP contribution in [0.2, 0.25) is 0 Å². The van der Waals surface area contributed by atoms with Crippen molar-refractivity contribution in [1.29, 1.82) is 0 Å². The first kappa shape index (κ1) is 42.4. The normalized spacial score (nSPS) is 0. The van der Waals surface area contributed by atoms with E-state index in [1.165, 1.54) is 0 Å². The van der Waals surface area contributed by atoms with Crippen molar-refractivity contribution in [2.75, 3.05) is 0 Å². The molecule has 0 bridgehead atoms. The summed E-state index contributed by atoms with van der Waals surface area (Å²) < 4.78 is 0. The van der Waals surface area contributed by atoms with E-state index in [1.54, 1.807) is 0 Å². The molecule has 0 aliphatic carbocycles. The Morgan fingerprint density at radius 3 is 1.17 bits per heavy atom. The minimum Gasteiger partial charge on any atom is -1.00 e. The summed E-state index contributed by atoms with van der Waals surface area (Å²) in [4.78, 5) is 0. The van der Waals surface area contributed by atoms with Crippen molar-refractivity contribution in [2.24, 2.45) is 0 Å². The SMILES string of the molecule is [Bi].[Cd].[H-].[K+].[Mn].[Ni].[Pb]. The first-order valence-corrected chi connectivity index (χ1v) is 0. The van der Waals surface area contributed by atoms with Gasteiger partial charge in [-0.1, -0.05) is 0 Å². The molecule has 0 heterocycles. The first-order valence-electron chi connectivity index (χ1n) is 0. The molecular weight excluding hydrogens is 681 g/mol. The van der Waals surface area contributed by atoms with E-state index in [9.17, 15) is 0 Å². The van der Waals surface area contributed by atoms with Gasteiger partial charge in [-0.25, -0.2) is 0 Å². The fourth-order valence-electron chi connectivity index (χ4n) is 0. The standard InChI is InChI=1S/Bi.Cd.K.Mn.Ni.Pb.H/q;;+1;;;;-1. The molecule has 0 aromatic rings. The molecule has 0 atom stereocenters. The van der Waals surface area contributed by atoms with Crippen LogP contribution in [-0.4, -0.2) is 53.5 Å². The van der Waals surface area contributed by atoms with Crippen molar-refractivity contribution in [3.8, 4) is 0 Å². The molecule has 0 saturated heterocycles. The molecule has 0 fully saturated rings. The Kier molecular flexibility index (Phi) is 223. The fourth-order valence-corrected chi connectivity index (χ4v) is 0. The van der Waals surface area contributed by atoms with E-state index in [4.69, 9.17) is 0 Å². The molecule has 0 amide bonds. The maximum absolute atomic E-state index is 0. The van der Waals surface area contributed by atoms with Crippen LogP contribution in [0.3, 0.4) is 0 Å². The molecule has 0 aromatic heterocycles. The van der Waals surface area contributed by atoms with Gasteiger partial charge in [0.25, 0.3) is 0 Å². The van der Waals surface area contributed by atoms with E-state index >= 15 is 0 Å².